The third-order valence-electron chi connectivity index (χ3n) is 3.82. The van der Waals surface area contributed by atoms with Gasteiger partial charge in [0.1, 0.15) is 0 Å². The molecule has 1 heterocycles. The van der Waals surface area contributed by atoms with Crippen LogP contribution in [0.25, 0.3) is 10.9 Å². The molecule has 3 rings (SSSR count). The third-order valence-corrected chi connectivity index (χ3v) is 3.82. The van der Waals surface area contributed by atoms with Crippen LogP contribution in [0.4, 0.5) is 5.69 Å². The maximum Gasteiger partial charge on any atom is 0.0726 e. The number of nitrogen functional groups attached to an aromatic ring is 1. The van der Waals surface area contributed by atoms with E-state index in [1.165, 1.54) is 17.7 Å². The number of aromatic nitrogens is 1. The molecule has 3 heteroatoms. The van der Waals surface area contributed by atoms with Crippen molar-refractivity contribution >= 4 is 29.0 Å². The van der Waals surface area contributed by atoms with Crippen LogP contribution < -0.4 is 5.73 Å². The maximum absolute atomic E-state index is 6.29. The minimum atomic E-state index is 0. The van der Waals surface area contributed by atoms with Crippen molar-refractivity contribution < 1.29 is 0 Å². The average Bonchev–Trinajstić information content (AvgIpc) is 2.27. The number of pyridine rings is 1. The van der Waals surface area contributed by atoms with Crippen molar-refractivity contribution in [3.63, 3.8) is 0 Å². The molecule has 0 atom stereocenters. The molecule has 2 nitrogen and oxygen atoms in total. The fourth-order valence-electron chi connectivity index (χ4n) is 2.76. The highest BCUT2D eigenvalue weighted by Crippen LogP contribution is 2.38. The molecule has 18 heavy (non-hydrogen) atoms. The zero-order valence-electron chi connectivity index (χ0n) is 10.9. The monoisotopic (exact) mass is 262 g/mol. The topological polar surface area (TPSA) is 38.9 Å². The molecular weight excluding hydrogens is 244 g/mol. The Morgan fingerprint density at radius 1 is 1.22 bits per heavy atom. The van der Waals surface area contributed by atoms with Gasteiger partial charge in [0, 0.05) is 16.8 Å². The summed E-state index contributed by atoms with van der Waals surface area (Å²) in [5.41, 5.74) is 11.1. The number of anilines is 1. The number of para-hydroxylation sites is 1. The van der Waals surface area contributed by atoms with Crippen molar-refractivity contribution in [2.24, 2.45) is 5.41 Å². The third kappa shape index (κ3) is 2.05. The Bertz CT molecular complexity index is 590. The molecule has 0 unspecified atom stereocenters. The second-order valence-corrected chi connectivity index (χ2v) is 5.81. The summed E-state index contributed by atoms with van der Waals surface area (Å²) < 4.78 is 0. The number of nitrogens with zero attached hydrogens (tertiary/aromatic N) is 1. The van der Waals surface area contributed by atoms with Gasteiger partial charge in [-0.05, 0) is 36.3 Å². The highest BCUT2D eigenvalue weighted by Gasteiger charge is 2.28. The van der Waals surface area contributed by atoms with Gasteiger partial charge in [-0.15, -0.1) is 12.4 Å². The summed E-state index contributed by atoms with van der Waals surface area (Å²) in [6.07, 6.45) is 3.30. The molecule has 0 bridgehead atoms. The van der Waals surface area contributed by atoms with Gasteiger partial charge in [0.2, 0.25) is 0 Å². The molecule has 1 aliphatic rings. The molecule has 1 aromatic carbocycles. The fraction of sp³-hybridized carbons (Fsp3) is 0.400. The molecule has 0 amide bonds. The van der Waals surface area contributed by atoms with E-state index >= 15 is 0 Å². The van der Waals surface area contributed by atoms with Gasteiger partial charge in [-0.25, -0.2) is 0 Å². The van der Waals surface area contributed by atoms with Crippen LogP contribution in [0, 0.1) is 5.41 Å². The van der Waals surface area contributed by atoms with E-state index in [1.54, 1.807) is 0 Å². The summed E-state index contributed by atoms with van der Waals surface area (Å²) in [4.78, 5) is 4.79. The first-order valence-electron chi connectivity index (χ1n) is 6.23. The molecule has 1 aliphatic carbocycles. The van der Waals surface area contributed by atoms with Gasteiger partial charge in [0.15, 0.2) is 0 Å². The van der Waals surface area contributed by atoms with Crippen LogP contribution in [0.5, 0.6) is 0 Å². The van der Waals surface area contributed by atoms with Crippen molar-refractivity contribution in [1.82, 2.24) is 4.98 Å². The highest BCUT2D eigenvalue weighted by molar-refractivity contribution is 5.92. The van der Waals surface area contributed by atoms with Crippen molar-refractivity contribution in [1.29, 1.82) is 0 Å². The van der Waals surface area contributed by atoms with Crippen LogP contribution >= 0.6 is 12.4 Å². The standard InChI is InChI=1S/C15H18N2.ClH/c1-15(2)8-7-11-13(9-15)17-12-6-4-3-5-10(12)14(11)16;/h3-6H,7-9H2,1-2H3,(H2,16,17);1H. The Morgan fingerprint density at radius 3 is 2.72 bits per heavy atom. The van der Waals surface area contributed by atoms with Crippen LogP contribution in [0.3, 0.4) is 0 Å². The minimum absolute atomic E-state index is 0. The fourth-order valence-corrected chi connectivity index (χ4v) is 2.76. The molecule has 0 aliphatic heterocycles. The molecule has 2 aromatic rings. The molecular formula is C15H19ClN2. The summed E-state index contributed by atoms with van der Waals surface area (Å²) in [5, 5.41) is 1.10. The first kappa shape index (κ1) is 13.2. The van der Waals surface area contributed by atoms with Gasteiger partial charge in [-0.3, -0.25) is 4.98 Å². The largest absolute Gasteiger partial charge is 0.398 e. The van der Waals surface area contributed by atoms with E-state index < -0.39 is 0 Å². The van der Waals surface area contributed by atoms with Crippen molar-refractivity contribution in [3.8, 4) is 0 Å². The van der Waals surface area contributed by atoms with E-state index in [-0.39, 0.29) is 12.4 Å². The van der Waals surface area contributed by atoms with E-state index in [0.29, 0.717) is 5.41 Å². The Labute approximate surface area is 114 Å². The quantitative estimate of drug-likeness (QED) is 0.785. The summed E-state index contributed by atoms with van der Waals surface area (Å²) in [6, 6.07) is 8.17. The second kappa shape index (κ2) is 4.43. The molecule has 1 aromatic heterocycles. The van der Waals surface area contributed by atoms with Gasteiger partial charge in [-0.1, -0.05) is 32.0 Å². The van der Waals surface area contributed by atoms with Crippen LogP contribution in [0.15, 0.2) is 24.3 Å². The normalized spacial score (nSPS) is 17.0. The van der Waals surface area contributed by atoms with Crippen molar-refractivity contribution in [2.45, 2.75) is 33.1 Å². The Morgan fingerprint density at radius 2 is 1.94 bits per heavy atom. The smallest absolute Gasteiger partial charge is 0.0726 e. The molecule has 0 fully saturated rings. The minimum Gasteiger partial charge on any atom is -0.398 e. The van der Waals surface area contributed by atoms with E-state index in [1.807, 2.05) is 18.2 Å². The predicted molar refractivity (Wildman–Crippen MR) is 79.2 cm³/mol. The molecule has 0 saturated heterocycles. The second-order valence-electron chi connectivity index (χ2n) is 5.81. The maximum atomic E-state index is 6.29. The summed E-state index contributed by atoms with van der Waals surface area (Å²) >= 11 is 0. The summed E-state index contributed by atoms with van der Waals surface area (Å²) in [6.45, 7) is 4.62. The molecule has 2 N–H and O–H groups in total. The van der Waals surface area contributed by atoms with Crippen LogP contribution in [-0.2, 0) is 12.8 Å². The van der Waals surface area contributed by atoms with E-state index in [0.717, 1.165) is 29.4 Å². The first-order chi connectivity index (χ1) is 8.07. The van der Waals surface area contributed by atoms with Crippen molar-refractivity contribution in [2.75, 3.05) is 5.73 Å². The number of hydrogen-bond acceptors (Lipinski definition) is 2. The average molecular weight is 263 g/mol. The SMILES string of the molecule is CC1(C)CCc2c(nc3ccccc3c2N)C1.Cl. The Hall–Kier alpha value is -1.28. The number of fused-ring (bicyclic) bond motifs is 2. The zero-order valence-corrected chi connectivity index (χ0v) is 11.7. The highest BCUT2D eigenvalue weighted by atomic mass is 35.5. The summed E-state index contributed by atoms with van der Waals surface area (Å²) in [5.74, 6) is 0. The van der Waals surface area contributed by atoms with E-state index in [2.05, 4.69) is 19.9 Å². The molecule has 96 valence electrons. The van der Waals surface area contributed by atoms with Gasteiger partial charge in [0.25, 0.3) is 0 Å². The first-order valence-corrected chi connectivity index (χ1v) is 6.23. The number of rotatable bonds is 0. The number of hydrogen-bond donors (Lipinski definition) is 1. The van der Waals surface area contributed by atoms with Crippen LogP contribution in [0.2, 0.25) is 0 Å². The van der Waals surface area contributed by atoms with Gasteiger partial charge >= 0.3 is 0 Å². The van der Waals surface area contributed by atoms with Crippen molar-refractivity contribution in [3.05, 3.63) is 35.5 Å². The number of benzene rings is 1. The van der Waals surface area contributed by atoms with Gasteiger partial charge < -0.3 is 5.73 Å². The van der Waals surface area contributed by atoms with E-state index in [4.69, 9.17) is 10.7 Å². The lowest BCUT2D eigenvalue weighted by atomic mass is 9.75. The Balaban J connectivity index is 0.00000120. The molecule has 0 saturated carbocycles. The number of halogens is 1. The van der Waals surface area contributed by atoms with Crippen LogP contribution in [0.1, 0.15) is 31.5 Å². The Kier molecular flexibility index (Phi) is 3.24. The lowest BCUT2D eigenvalue weighted by molar-refractivity contribution is 0.312. The predicted octanol–water partition coefficient (Wildman–Crippen LogP) is 3.75. The van der Waals surface area contributed by atoms with Gasteiger partial charge in [0.05, 0.1) is 5.52 Å². The lowest BCUT2D eigenvalue weighted by Crippen LogP contribution is -2.24. The van der Waals surface area contributed by atoms with E-state index in [9.17, 15) is 0 Å². The molecule has 0 radical (unpaired) electrons. The zero-order chi connectivity index (χ0) is 12.0. The summed E-state index contributed by atoms with van der Waals surface area (Å²) in [7, 11) is 0. The lowest BCUT2D eigenvalue weighted by Gasteiger charge is -2.31. The van der Waals surface area contributed by atoms with Gasteiger partial charge in [-0.2, -0.15) is 0 Å². The number of nitrogens with two attached hydrogens (primary N) is 1. The van der Waals surface area contributed by atoms with Crippen LogP contribution in [-0.4, -0.2) is 4.98 Å². The molecule has 0 spiro atoms.